The van der Waals surface area contributed by atoms with Gasteiger partial charge >= 0.3 is 17.8 Å². The van der Waals surface area contributed by atoms with E-state index < -0.39 is 17.8 Å². The minimum absolute atomic E-state index is 0.0382. The van der Waals surface area contributed by atoms with E-state index in [0.717, 1.165) is 21.1 Å². The summed E-state index contributed by atoms with van der Waals surface area (Å²) in [5.41, 5.74) is 0.403. The molecule has 0 unspecified atom stereocenters. The molecule has 1 aliphatic carbocycles. The number of rotatable bonds is 1. The zero-order valence-corrected chi connectivity index (χ0v) is 12.6. The molecule has 1 saturated heterocycles. The minimum Gasteiger partial charge on any atom is -0.293 e. The van der Waals surface area contributed by atoms with E-state index in [1.54, 1.807) is 0 Å². The Labute approximate surface area is 124 Å². The summed E-state index contributed by atoms with van der Waals surface area (Å²) in [7, 11) is 1.24. The van der Waals surface area contributed by atoms with Crippen LogP contribution < -0.4 is 4.90 Å². The first-order chi connectivity index (χ1) is 9.71. The number of carbonyl (C=O) groups is 4. The number of ketones is 1. The molecule has 2 aliphatic rings. The van der Waals surface area contributed by atoms with Crippen molar-refractivity contribution in [1.82, 2.24) is 9.88 Å². The number of thiazole rings is 1. The third-order valence-corrected chi connectivity index (χ3v) is 4.71. The fourth-order valence-corrected chi connectivity index (χ4v) is 3.55. The van der Waals surface area contributed by atoms with Gasteiger partial charge in [-0.25, -0.2) is 9.78 Å². The molecule has 1 aliphatic heterocycles. The molecule has 3 rings (SSSR count). The Kier molecular flexibility index (Phi) is 2.78. The molecule has 0 bridgehead atoms. The van der Waals surface area contributed by atoms with E-state index in [1.165, 1.54) is 7.05 Å². The van der Waals surface area contributed by atoms with Gasteiger partial charge in [-0.15, -0.1) is 0 Å². The molecule has 4 amide bonds. The number of hydrogen-bond donors (Lipinski definition) is 0. The second-order valence-electron chi connectivity index (χ2n) is 6.00. The van der Waals surface area contributed by atoms with Crippen molar-refractivity contribution in [3.05, 3.63) is 10.6 Å². The van der Waals surface area contributed by atoms with Gasteiger partial charge in [0.25, 0.3) is 0 Å². The molecule has 0 N–H and O–H groups in total. The summed E-state index contributed by atoms with van der Waals surface area (Å²) in [6.45, 7) is 3.94. The number of amides is 4. The second kappa shape index (κ2) is 4.20. The lowest BCUT2D eigenvalue weighted by atomic mass is 9.78. The van der Waals surface area contributed by atoms with Gasteiger partial charge in [0.1, 0.15) is 0 Å². The van der Waals surface area contributed by atoms with Crippen molar-refractivity contribution in [3.8, 4) is 0 Å². The SMILES string of the molecule is CN1C(=O)C(=O)N(c2nc3c(s2)C(=O)CC(C)(C)C3)C1=O. The first-order valence-electron chi connectivity index (χ1n) is 6.40. The van der Waals surface area contributed by atoms with E-state index in [9.17, 15) is 19.2 Å². The van der Waals surface area contributed by atoms with Crippen molar-refractivity contribution in [2.75, 3.05) is 11.9 Å². The van der Waals surface area contributed by atoms with Crippen LogP contribution in [0.1, 0.15) is 35.6 Å². The van der Waals surface area contributed by atoms with E-state index in [0.29, 0.717) is 23.4 Å². The first kappa shape index (κ1) is 13.9. The van der Waals surface area contributed by atoms with Crippen LogP contribution in [0.5, 0.6) is 0 Å². The highest BCUT2D eigenvalue weighted by atomic mass is 32.1. The van der Waals surface area contributed by atoms with Crippen molar-refractivity contribution in [3.63, 3.8) is 0 Å². The summed E-state index contributed by atoms with van der Waals surface area (Å²) in [6.07, 6.45) is 1.01. The summed E-state index contributed by atoms with van der Waals surface area (Å²) in [5, 5.41) is 0.0961. The van der Waals surface area contributed by atoms with Gasteiger partial charge in [0.15, 0.2) is 5.78 Å². The lowest BCUT2D eigenvalue weighted by Gasteiger charge is -2.26. The Bertz CT molecular complexity index is 706. The molecule has 0 aromatic carbocycles. The van der Waals surface area contributed by atoms with Crippen molar-refractivity contribution in [1.29, 1.82) is 0 Å². The maximum Gasteiger partial charge on any atom is 0.340 e. The quantitative estimate of drug-likeness (QED) is 0.575. The first-order valence-corrected chi connectivity index (χ1v) is 7.22. The summed E-state index contributed by atoms with van der Waals surface area (Å²) in [5.74, 6) is -1.86. The number of hydrogen-bond acceptors (Lipinski definition) is 6. The fraction of sp³-hybridized carbons (Fsp3) is 0.462. The summed E-state index contributed by atoms with van der Waals surface area (Å²) in [4.78, 5) is 53.7. The zero-order valence-electron chi connectivity index (χ0n) is 11.8. The van der Waals surface area contributed by atoms with Gasteiger partial charge in [-0.2, -0.15) is 4.90 Å². The molecule has 7 nitrogen and oxygen atoms in total. The van der Waals surface area contributed by atoms with Gasteiger partial charge in [0.2, 0.25) is 5.13 Å². The Balaban J connectivity index is 2.04. The molecule has 1 aromatic heterocycles. The predicted molar refractivity (Wildman–Crippen MR) is 74.2 cm³/mol. The van der Waals surface area contributed by atoms with Crippen LogP contribution in [0.4, 0.5) is 9.93 Å². The highest BCUT2D eigenvalue weighted by Crippen LogP contribution is 2.39. The Morgan fingerprint density at radius 2 is 1.76 bits per heavy atom. The van der Waals surface area contributed by atoms with Gasteiger partial charge in [-0.05, 0) is 11.8 Å². The molecular formula is C13H13N3O4S. The molecule has 0 radical (unpaired) electrons. The maximum absolute atomic E-state index is 12.1. The van der Waals surface area contributed by atoms with Crippen LogP contribution in [0.25, 0.3) is 0 Å². The summed E-state index contributed by atoms with van der Waals surface area (Å²) >= 11 is 0.998. The van der Waals surface area contributed by atoms with Crippen LogP contribution in [0.3, 0.4) is 0 Å². The third-order valence-electron chi connectivity index (χ3n) is 3.58. The maximum atomic E-state index is 12.1. The average molecular weight is 307 g/mol. The van der Waals surface area contributed by atoms with Crippen molar-refractivity contribution >= 4 is 40.1 Å². The molecule has 21 heavy (non-hydrogen) atoms. The molecule has 1 aromatic rings. The molecule has 0 spiro atoms. The largest absolute Gasteiger partial charge is 0.340 e. The van der Waals surface area contributed by atoms with Crippen LogP contribution in [0.15, 0.2) is 0 Å². The number of nitrogens with zero attached hydrogens (tertiary/aromatic N) is 3. The minimum atomic E-state index is -0.930. The van der Waals surface area contributed by atoms with Crippen LogP contribution in [0, 0.1) is 5.41 Å². The van der Waals surface area contributed by atoms with Crippen molar-refractivity contribution < 1.29 is 19.2 Å². The van der Waals surface area contributed by atoms with Crippen LogP contribution in [0.2, 0.25) is 0 Å². The highest BCUT2D eigenvalue weighted by molar-refractivity contribution is 7.18. The number of imide groups is 2. The molecular weight excluding hydrogens is 294 g/mol. The van der Waals surface area contributed by atoms with Gasteiger partial charge in [0, 0.05) is 13.5 Å². The van der Waals surface area contributed by atoms with Crippen molar-refractivity contribution in [2.45, 2.75) is 26.7 Å². The smallest absolute Gasteiger partial charge is 0.293 e. The number of aromatic nitrogens is 1. The number of Topliss-reactive ketones (excluding diaryl/α,β-unsaturated/α-hetero) is 1. The van der Waals surface area contributed by atoms with E-state index in [-0.39, 0.29) is 16.3 Å². The highest BCUT2D eigenvalue weighted by Gasteiger charge is 2.46. The molecule has 8 heteroatoms. The van der Waals surface area contributed by atoms with Crippen LogP contribution >= 0.6 is 11.3 Å². The lowest BCUT2D eigenvalue weighted by molar-refractivity contribution is -0.138. The standard InChI is InChI=1S/C13H13N3O4S/c1-13(2)4-6-8(7(17)5-13)21-11(14-6)16-10(19)9(18)15(3)12(16)20/h4-5H2,1-3H3. The van der Waals surface area contributed by atoms with Crippen LogP contribution in [-0.2, 0) is 16.0 Å². The average Bonchev–Trinajstić information content (AvgIpc) is 2.85. The summed E-state index contributed by atoms with van der Waals surface area (Å²) < 4.78 is 0. The van der Waals surface area contributed by atoms with Gasteiger partial charge < -0.3 is 0 Å². The number of carbonyl (C=O) groups excluding carboxylic acids is 4. The topological polar surface area (TPSA) is 87.7 Å². The normalized spacial score (nSPS) is 21.3. The molecule has 0 atom stereocenters. The predicted octanol–water partition coefficient (Wildman–Crippen LogP) is 1.22. The van der Waals surface area contributed by atoms with E-state index >= 15 is 0 Å². The summed E-state index contributed by atoms with van der Waals surface area (Å²) in [6, 6.07) is -0.734. The number of anilines is 1. The zero-order chi connectivity index (χ0) is 15.5. The van der Waals surface area contributed by atoms with Gasteiger partial charge in [-0.3, -0.25) is 19.3 Å². The van der Waals surface area contributed by atoms with Crippen molar-refractivity contribution in [2.24, 2.45) is 5.41 Å². The van der Waals surface area contributed by atoms with Gasteiger partial charge in [0.05, 0.1) is 10.6 Å². The second-order valence-corrected chi connectivity index (χ2v) is 6.98. The van der Waals surface area contributed by atoms with E-state index in [2.05, 4.69) is 4.98 Å². The Morgan fingerprint density at radius 1 is 1.10 bits per heavy atom. The Hall–Kier alpha value is -2.09. The lowest BCUT2D eigenvalue weighted by Crippen LogP contribution is -2.31. The van der Waals surface area contributed by atoms with E-state index in [4.69, 9.17) is 0 Å². The monoisotopic (exact) mass is 307 g/mol. The molecule has 0 saturated carbocycles. The van der Waals surface area contributed by atoms with Crippen LogP contribution in [-0.4, -0.2) is 40.6 Å². The third kappa shape index (κ3) is 1.98. The number of urea groups is 1. The molecule has 1 fully saturated rings. The molecule has 2 heterocycles. The Morgan fingerprint density at radius 3 is 2.33 bits per heavy atom. The molecule has 110 valence electrons. The van der Waals surface area contributed by atoms with Gasteiger partial charge in [-0.1, -0.05) is 25.2 Å². The number of likely N-dealkylation sites (N-methyl/N-ethyl adjacent to an activating group) is 1. The number of fused-ring (bicyclic) bond motifs is 1. The fourth-order valence-electron chi connectivity index (χ4n) is 2.53. The van der Waals surface area contributed by atoms with E-state index in [1.807, 2.05) is 13.8 Å².